The third-order valence-corrected chi connectivity index (χ3v) is 5.72. The van der Waals surface area contributed by atoms with E-state index in [1.165, 1.54) is 16.2 Å². The zero-order valence-corrected chi connectivity index (χ0v) is 13.3. The summed E-state index contributed by atoms with van der Waals surface area (Å²) in [6.45, 7) is 0.941. The first-order chi connectivity index (χ1) is 11.4. The van der Waals surface area contributed by atoms with Gasteiger partial charge in [0, 0.05) is 27.5 Å². The molecule has 0 amide bonds. The van der Waals surface area contributed by atoms with Crippen molar-refractivity contribution in [2.75, 3.05) is 17.3 Å². The Morgan fingerprint density at radius 2 is 1.91 bits per heavy atom. The van der Waals surface area contributed by atoms with E-state index in [1.807, 2.05) is 30.1 Å². The maximum atomic E-state index is 4.93. The molecule has 0 saturated carbocycles. The van der Waals surface area contributed by atoms with Crippen LogP contribution in [0.5, 0.6) is 0 Å². The molecule has 5 rings (SSSR count). The highest BCUT2D eigenvalue weighted by Crippen LogP contribution is 2.37. The summed E-state index contributed by atoms with van der Waals surface area (Å²) in [6, 6.07) is 19.0. The number of aromatic nitrogens is 1. The number of benzene rings is 2. The Labute approximate surface area is 139 Å². The number of fused-ring (bicyclic) bond motifs is 4. The van der Waals surface area contributed by atoms with E-state index in [1.54, 1.807) is 0 Å². The van der Waals surface area contributed by atoms with Crippen molar-refractivity contribution in [3.05, 3.63) is 66.4 Å². The van der Waals surface area contributed by atoms with Gasteiger partial charge in [-0.25, -0.2) is 0 Å². The standard InChI is InChI=1S/C19H15N3S/c1-3-7-17-13(5-1)9-15(10-20-17)22-11-14-12-23-18-8-4-2-6-16(18)19(14)21-22/h1-10,14H,11-12H2. The van der Waals surface area contributed by atoms with Gasteiger partial charge in [0.15, 0.2) is 0 Å². The van der Waals surface area contributed by atoms with Crippen molar-refractivity contribution in [3.63, 3.8) is 0 Å². The van der Waals surface area contributed by atoms with Gasteiger partial charge in [-0.3, -0.25) is 9.99 Å². The lowest BCUT2D eigenvalue weighted by molar-refractivity contribution is 0.780. The summed E-state index contributed by atoms with van der Waals surface area (Å²) in [7, 11) is 0. The van der Waals surface area contributed by atoms with Crippen molar-refractivity contribution in [1.82, 2.24) is 4.98 Å². The van der Waals surface area contributed by atoms with E-state index >= 15 is 0 Å². The minimum Gasteiger partial charge on any atom is -0.263 e. The summed E-state index contributed by atoms with van der Waals surface area (Å²) in [5.41, 5.74) is 4.63. The fraction of sp³-hybridized carbons (Fsp3) is 0.158. The normalized spacial score (nSPS) is 19.4. The highest BCUT2D eigenvalue weighted by atomic mass is 32.2. The molecule has 0 saturated heterocycles. The molecule has 4 heteroatoms. The molecule has 1 atom stereocenters. The number of hydrogen-bond acceptors (Lipinski definition) is 4. The van der Waals surface area contributed by atoms with Gasteiger partial charge in [0.05, 0.1) is 29.7 Å². The quantitative estimate of drug-likeness (QED) is 0.674. The van der Waals surface area contributed by atoms with Crippen molar-refractivity contribution in [2.45, 2.75) is 4.90 Å². The van der Waals surface area contributed by atoms with Crippen LogP contribution in [0.1, 0.15) is 5.56 Å². The molecule has 2 aromatic carbocycles. The molecule has 2 aliphatic heterocycles. The number of anilines is 1. The molecule has 0 fully saturated rings. The Kier molecular flexibility index (Phi) is 2.91. The van der Waals surface area contributed by atoms with E-state index in [2.05, 4.69) is 52.5 Å². The van der Waals surface area contributed by atoms with E-state index in [0.717, 1.165) is 28.9 Å². The molecule has 0 aliphatic carbocycles. The number of nitrogens with zero attached hydrogens (tertiary/aromatic N) is 3. The smallest absolute Gasteiger partial charge is 0.0783 e. The lowest BCUT2D eigenvalue weighted by Crippen LogP contribution is -2.24. The van der Waals surface area contributed by atoms with Gasteiger partial charge in [-0.15, -0.1) is 11.8 Å². The molecule has 3 nitrogen and oxygen atoms in total. The Morgan fingerprint density at radius 3 is 2.91 bits per heavy atom. The molecule has 23 heavy (non-hydrogen) atoms. The van der Waals surface area contributed by atoms with Gasteiger partial charge >= 0.3 is 0 Å². The van der Waals surface area contributed by atoms with Crippen LogP contribution in [-0.4, -0.2) is 23.0 Å². The molecular formula is C19H15N3S. The highest BCUT2D eigenvalue weighted by molar-refractivity contribution is 7.99. The van der Waals surface area contributed by atoms with Crippen LogP contribution in [0.4, 0.5) is 5.69 Å². The van der Waals surface area contributed by atoms with E-state index in [0.29, 0.717) is 5.92 Å². The molecule has 112 valence electrons. The second-order valence-electron chi connectivity index (χ2n) is 5.96. The monoisotopic (exact) mass is 317 g/mol. The number of hydrogen-bond donors (Lipinski definition) is 0. The Morgan fingerprint density at radius 1 is 1.04 bits per heavy atom. The fourth-order valence-corrected chi connectivity index (χ4v) is 4.46. The van der Waals surface area contributed by atoms with Gasteiger partial charge in [-0.2, -0.15) is 5.10 Å². The average molecular weight is 317 g/mol. The number of hydrazone groups is 1. The lowest BCUT2D eigenvalue weighted by atomic mass is 9.98. The topological polar surface area (TPSA) is 28.5 Å². The molecule has 0 N–H and O–H groups in total. The predicted molar refractivity (Wildman–Crippen MR) is 96.3 cm³/mol. The van der Waals surface area contributed by atoms with Crippen LogP contribution in [0.3, 0.4) is 0 Å². The zero-order chi connectivity index (χ0) is 15.2. The van der Waals surface area contributed by atoms with Crippen LogP contribution in [0.25, 0.3) is 10.9 Å². The van der Waals surface area contributed by atoms with Gasteiger partial charge in [-0.05, 0) is 18.2 Å². The third kappa shape index (κ3) is 2.13. The maximum Gasteiger partial charge on any atom is 0.0783 e. The number of para-hydroxylation sites is 1. The largest absolute Gasteiger partial charge is 0.263 e. The SMILES string of the molecule is c1ccc2c(c1)SCC1CN(c3cnc4ccccc4c3)N=C21. The summed E-state index contributed by atoms with van der Waals surface area (Å²) in [5.74, 6) is 1.61. The maximum absolute atomic E-state index is 4.93. The number of pyridine rings is 1. The summed E-state index contributed by atoms with van der Waals surface area (Å²) < 4.78 is 0. The predicted octanol–water partition coefficient (Wildman–Crippen LogP) is 4.18. The molecule has 0 bridgehead atoms. The minimum absolute atomic E-state index is 0.501. The van der Waals surface area contributed by atoms with Crippen LogP contribution in [0.2, 0.25) is 0 Å². The van der Waals surface area contributed by atoms with E-state index in [4.69, 9.17) is 5.10 Å². The molecular weight excluding hydrogens is 302 g/mol. The first-order valence-electron chi connectivity index (χ1n) is 7.81. The van der Waals surface area contributed by atoms with Gasteiger partial charge in [0.25, 0.3) is 0 Å². The van der Waals surface area contributed by atoms with Crippen molar-refractivity contribution in [3.8, 4) is 0 Å². The second kappa shape index (κ2) is 5.10. The third-order valence-electron chi connectivity index (χ3n) is 4.49. The van der Waals surface area contributed by atoms with Gasteiger partial charge in [0.2, 0.25) is 0 Å². The molecule has 1 unspecified atom stereocenters. The summed E-state index contributed by atoms with van der Waals surface area (Å²) in [4.78, 5) is 5.92. The van der Waals surface area contributed by atoms with Crippen molar-refractivity contribution < 1.29 is 0 Å². The molecule has 0 spiro atoms. The van der Waals surface area contributed by atoms with Crippen LogP contribution in [0.15, 0.2) is 70.8 Å². The second-order valence-corrected chi connectivity index (χ2v) is 7.02. The summed E-state index contributed by atoms with van der Waals surface area (Å²) in [5, 5.41) is 8.20. The van der Waals surface area contributed by atoms with Gasteiger partial charge < -0.3 is 0 Å². The van der Waals surface area contributed by atoms with E-state index < -0.39 is 0 Å². The van der Waals surface area contributed by atoms with Crippen molar-refractivity contribution in [1.29, 1.82) is 0 Å². The summed E-state index contributed by atoms with van der Waals surface area (Å²) >= 11 is 1.94. The highest BCUT2D eigenvalue weighted by Gasteiger charge is 2.33. The molecule has 1 aromatic heterocycles. The lowest BCUT2D eigenvalue weighted by Gasteiger charge is -2.20. The Hall–Kier alpha value is -2.33. The fourth-order valence-electron chi connectivity index (χ4n) is 3.31. The average Bonchev–Trinajstić information content (AvgIpc) is 3.06. The number of thioether (sulfide) groups is 1. The van der Waals surface area contributed by atoms with Crippen LogP contribution >= 0.6 is 11.8 Å². The van der Waals surface area contributed by atoms with Gasteiger partial charge in [0.1, 0.15) is 0 Å². The Bertz CT molecular complexity index is 935. The first-order valence-corrected chi connectivity index (χ1v) is 8.80. The first kappa shape index (κ1) is 13.1. The van der Waals surface area contributed by atoms with Crippen molar-refractivity contribution >= 4 is 34.1 Å². The van der Waals surface area contributed by atoms with Crippen LogP contribution in [0, 0.1) is 5.92 Å². The van der Waals surface area contributed by atoms with Crippen molar-refractivity contribution in [2.24, 2.45) is 11.0 Å². The molecule has 3 heterocycles. The van der Waals surface area contributed by atoms with Gasteiger partial charge in [-0.1, -0.05) is 36.4 Å². The molecule has 3 aromatic rings. The van der Waals surface area contributed by atoms with Crippen LogP contribution < -0.4 is 5.01 Å². The van der Waals surface area contributed by atoms with Crippen LogP contribution in [-0.2, 0) is 0 Å². The van der Waals surface area contributed by atoms with E-state index in [9.17, 15) is 0 Å². The molecule has 0 radical (unpaired) electrons. The minimum atomic E-state index is 0.501. The van der Waals surface area contributed by atoms with E-state index in [-0.39, 0.29) is 0 Å². The Balaban J connectivity index is 1.57. The number of rotatable bonds is 1. The molecule has 2 aliphatic rings. The summed E-state index contributed by atoms with van der Waals surface area (Å²) in [6.07, 6.45) is 1.93. The zero-order valence-electron chi connectivity index (χ0n) is 12.5.